The third-order valence-electron chi connectivity index (χ3n) is 2.77. The molecule has 18 heavy (non-hydrogen) atoms. The van der Waals surface area contributed by atoms with Crippen molar-refractivity contribution in [2.24, 2.45) is 5.73 Å². The quantitative estimate of drug-likeness (QED) is 0.921. The van der Waals surface area contributed by atoms with Crippen molar-refractivity contribution < 1.29 is 4.74 Å². The standard InChI is InChI=1S/C14H13Cl2NO/c1-18-10-5-2-4-9(8-10)14(17)11-6-3-7-12(15)13(11)16/h2-8,14H,17H2,1H3. The van der Waals surface area contributed by atoms with Gasteiger partial charge in [-0.05, 0) is 29.3 Å². The summed E-state index contributed by atoms with van der Waals surface area (Å²) in [6.07, 6.45) is 0. The molecule has 2 aromatic carbocycles. The van der Waals surface area contributed by atoms with Crippen LogP contribution in [0.2, 0.25) is 10.0 Å². The predicted octanol–water partition coefficient (Wildman–Crippen LogP) is 4.05. The van der Waals surface area contributed by atoms with Crippen molar-refractivity contribution in [2.45, 2.75) is 6.04 Å². The number of ether oxygens (including phenoxy) is 1. The van der Waals surface area contributed by atoms with Gasteiger partial charge in [-0.1, -0.05) is 47.5 Å². The summed E-state index contributed by atoms with van der Waals surface area (Å²) < 4.78 is 5.18. The first kappa shape index (κ1) is 13.2. The van der Waals surface area contributed by atoms with Crippen LogP contribution >= 0.6 is 23.2 Å². The van der Waals surface area contributed by atoms with Crippen molar-refractivity contribution in [2.75, 3.05) is 7.11 Å². The summed E-state index contributed by atoms with van der Waals surface area (Å²) in [5.74, 6) is 0.765. The molecule has 2 aromatic rings. The third kappa shape index (κ3) is 2.61. The lowest BCUT2D eigenvalue weighted by Gasteiger charge is -2.15. The summed E-state index contributed by atoms with van der Waals surface area (Å²) >= 11 is 12.2. The van der Waals surface area contributed by atoms with E-state index in [1.54, 1.807) is 13.2 Å². The molecule has 0 saturated heterocycles. The summed E-state index contributed by atoms with van der Waals surface area (Å²) in [6, 6.07) is 12.7. The van der Waals surface area contributed by atoms with E-state index in [0.717, 1.165) is 16.9 Å². The zero-order valence-corrected chi connectivity index (χ0v) is 11.4. The first-order valence-corrected chi connectivity index (χ1v) is 6.22. The van der Waals surface area contributed by atoms with E-state index in [9.17, 15) is 0 Å². The maximum absolute atomic E-state index is 6.21. The summed E-state index contributed by atoms with van der Waals surface area (Å²) in [6.45, 7) is 0. The summed E-state index contributed by atoms with van der Waals surface area (Å²) in [4.78, 5) is 0. The molecular formula is C14H13Cl2NO. The highest BCUT2D eigenvalue weighted by molar-refractivity contribution is 6.42. The van der Waals surface area contributed by atoms with Gasteiger partial charge in [0.2, 0.25) is 0 Å². The van der Waals surface area contributed by atoms with Gasteiger partial charge >= 0.3 is 0 Å². The highest BCUT2D eigenvalue weighted by atomic mass is 35.5. The maximum Gasteiger partial charge on any atom is 0.119 e. The van der Waals surface area contributed by atoms with Crippen LogP contribution in [0.5, 0.6) is 5.75 Å². The van der Waals surface area contributed by atoms with E-state index in [0.29, 0.717) is 10.0 Å². The molecule has 0 radical (unpaired) electrons. The van der Waals surface area contributed by atoms with Crippen LogP contribution in [-0.2, 0) is 0 Å². The normalized spacial score (nSPS) is 12.2. The molecule has 0 bridgehead atoms. The van der Waals surface area contributed by atoms with Gasteiger partial charge in [-0.2, -0.15) is 0 Å². The van der Waals surface area contributed by atoms with Crippen LogP contribution in [0.25, 0.3) is 0 Å². The molecule has 0 heterocycles. The van der Waals surface area contributed by atoms with Crippen LogP contribution in [-0.4, -0.2) is 7.11 Å². The molecule has 0 fully saturated rings. The molecule has 0 spiro atoms. The molecule has 2 nitrogen and oxygen atoms in total. The molecular weight excluding hydrogens is 269 g/mol. The Kier molecular flexibility index (Phi) is 4.12. The largest absolute Gasteiger partial charge is 0.497 e. The van der Waals surface area contributed by atoms with E-state index < -0.39 is 0 Å². The molecule has 0 amide bonds. The van der Waals surface area contributed by atoms with Gasteiger partial charge in [0.05, 0.1) is 23.2 Å². The van der Waals surface area contributed by atoms with Crippen LogP contribution in [0.15, 0.2) is 42.5 Å². The van der Waals surface area contributed by atoms with Crippen molar-refractivity contribution in [1.29, 1.82) is 0 Å². The second kappa shape index (κ2) is 5.61. The van der Waals surface area contributed by atoms with Crippen molar-refractivity contribution in [3.63, 3.8) is 0 Å². The number of hydrogen-bond donors (Lipinski definition) is 1. The Balaban J connectivity index is 2.41. The van der Waals surface area contributed by atoms with Crippen LogP contribution in [0, 0.1) is 0 Å². The Morgan fingerprint density at radius 1 is 1.11 bits per heavy atom. The van der Waals surface area contributed by atoms with E-state index in [4.69, 9.17) is 33.7 Å². The number of rotatable bonds is 3. The minimum Gasteiger partial charge on any atom is -0.497 e. The van der Waals surface area contributed by atoms with E-state index in [-0.39, 0.29) is 6.04 Å². The lowest BCUT2D eigenvalue weighted by Crippen LogP contribution is -2.12. The van der Waals surface area contributed by atoms with E-state index in [1.165, 1.54) is 0 Å². The lowest BCUT2D eigenvalue weighted by molar-refractivity contribution is 0.414. The molecule has 94 valence electrons. The van der Waals surface area contributed by atoms with Crippen LogP contribution < -0.4 is 10.5 Å². The molecule has 2 rings (SSSR count). The van der Waals surface area contributed by atoms with Crippen molar-refractivity contribution in [1.82, 2.24) is 0 Å². The fourth-order valence-corrected chi connectivity index (χ4v) is 2.20. The SMILES string of the molecule is COc1cccc(C(N)c2cccc(Cl)c2Cl)c1. The van der Waals surface area contributed by atoms with E-state index >= 15 is 0 Å². The second-order valence-corrected chi connectivity index (χ2v) is 4.68. The summed E-state index contributed by atoms with van der Waals surface area (Å²) in [5.41, 5.74) is 7.94. The zero-order valence-electron chi connectivity index (χ0n) is 9.86. The average Bonchev–Trinajstić information content (AvgIpc) is 2.41. The van der Waals surface area contributed by atoms with Crippen molar-refractivity contribution in [3.8, 4) is 5.75 Å². The Morgan fingerprint density at radius 2 is 1.83 bits per heavy atom. The molecule has 4 heteroatoms. The van der Waals surface area contributed by atoms with Gasteiger partial charge in [0.15, 0.2) is 0 Å². The van der Waals surface area contributed by atoms with Gasteiger partial charge in [-0.15, -0.1) is 0 Å². The van der Waals surface area contributed by atoms with Crippen LogP contribution in [0.4, 0.5) is 0 Å². The molecule has 1 atom stereocenters. The van der Waals surface area contributed by atoms with Crippen LogP contribution in [0.1, 0.15) is 17.2 Å². The van der Waals surface area contributed by atoms with Crippen molar-refractivity contribution in [3.05, 3.63) is 63.6 Å². The van der Waals surface area contributed by atoms with Gasteiger partial charge in [-0.25, -0.2) is 0 Å². The Bertz CT molecular complexity index is 557. The fraction of sp³-hybridized carbons (Fsp3) is 0.143. The molecule has 0 aliphatic heterocycles. The van der Waals surface area contributed by atoms with Gasteiger partial charge in [0.1, 0.15) is 5.75 Å². The fourth-order valence-electron chi connectivity index (χ4n) is 1.78. The lowest BCUT2D eigenvalue weighted by atomic mass is 9.99. The number of nitrogens with two attached hydrogens (primary N) is 1. The molecule has 0 aliphatic rings. The van der Waals surface area contributed by atoms with Gasteiger partial charge in [0, 0.05) is 0 Å². The zero-order chi connectivity index (χ0) is 13.1. The molecule has 1 unspecified atom stereocenters. The Morgan fingerprint density at radius 3 is 2.56 bits per heavy atom. The van der Waals surface area contributed by atoms with Gasteiger partial charge in [0.25, 0.3) is 0 Å². The topological polar surface area (TPSA) is 35.2 Å². The number of halogens is 2. The minimum absolute atomic E-state index is 0.328. The Labute approximate surface area is 116 Å². The molecule has 0 saturated carbocycles. The second-order valence-electron chi connectivity index (χ2n) is 3.90. The highest BCUT2D eigenvalue weighted by Crippen LogP contribution is 2.32. The summed E-state index contributed by atoms with van der Waals surface area (Å²) in [7, 11) is 1.62. The minimum atomic E-state index is -0.328. The first-order chi connectivity index (χ1) is 8.63. The first-order valence-electron chi connectivity index (χ1n) is 5.47. The van der Waals surface area contributed by atoms with E-state index in [1.807, 2.05) is 36.4 Å². The summed E-state index contributed by atoms with van der Waals surface area (Å²) in [5, 5.41) is 1.00. The molecule has 2 N–H and O–H groups in total. The van der Waals surface area contributed by atoms with Crippen LogP contribution in [0.3, 0.4) is 0 Å². The average molecular weight is 282 g/mol. The monoisotopic (exact) mass is 281 g/mol. The molecule has 0 aromatic heterocycles. The smallest absolute Gasteiger partial charge is 0.119 e. The van der Waals surface area contributed by atoms with E-state index in [2.05, 4.69) is 0 Å². The Hall–Kier alpha value is -1.22. The van der Waals surface area contributed by atoms with Gasteiger partial charge in [-0.3, -0.25) is 0 Å². The molecule has 0 aliphatic carbocycles. The van der Waals surface area contributed by atoms with Crippen molar-refractivity contribution >= 4 is 23.2 Å². The number of benzene rings is 2. The predicted molar refractivity (Wildman–Crippen MR) is 75.5 cm³/mol. The van der Waals surface area contributed by atoms with Gasteiger partial charge < -0.3 is 10.5 Å². The number of methoxy groups -OCH3 is 1. The maximum atomic E-state index is 6.21. The third-order valence-corrected chi connectivity index (χ3v) is 3.60. The number of hydrogen-bond acceptors (Lipinski definition) is 2. The highest BCUT2D eigenvalue weighted by Gasteiger charge is 2.14.